The van der Waals surface area contributed by atoms with Crippen LogP contribution in [-0.2, 0) is 28.5 Å². The number of benzene rings is 3. The van der Waals surface area contributed by atoms with Crippen LogP contribution in [0.15, 0.2) is 75.2 Å². The minimum atomic E-state index is -1.11. The molecule has 0 amide bonds. The van der Waals surface area contributed by atoms with E-state index in [1.807, 2.05) is 26.8 Å². The third-order valence-electron chi connectivity index (χ3n) is 15.3. The molecule has 3 fully saturated rings. The molecule has 2 aliphatic heterocycles. The van der Waals surface area contributed by atoms with Gasteiger partial charge < -0.3 is 14.0 Å². The highest BCUT2D eigenvalue weighted by molar-refractivity contribution is 6.03. The molecule has 350 valence electrons. The summed E-state index contributed by atoms with van der Waals surface area (Å²) in [5, 5.41) is 14.2. The van der Waals surface area contributed by atoms with Crippen LogP contribution in [0.25, 0.3) is 39.0 Å². The Morgan fingerprint density at radius 3 is 2.44 bits per heavy atom. The van der Waals surface area contributed by atoms with Crippen molar-refractivity contribution < 1.29 is 32.0 Å². The number of ketones is 1. The van der Waals surface area contributed by atoms with Gasteiger partial charge in [0.2, 0.25) is 0 Å². The van der Waals surface area contributed by atoms with Crippen molar-refractivity contribution in [3.63, 3.8) is 0 Å². The number of Topliss-reactive ketones (excluding diaryl/α,β-unsaturated/α-hetero) is 1. The SMILES string of the molecule is Cc1cc(-n2nc3c(c2-n2ccn(-c4ccc5c(cnn5C)c4F)c2=O)[C@@H]2COC[C@H](C3)C2C(=O)c2cc3cc([C@@H]4CCOC(C)(C)C4)cc(F)c3n2[C@@]2(c3noc(=O)[nH]3)C[C@@H]2C)cc(C)c1F. The Bertz CT molecular complexity index is 3530. The Hall–Kier alpha value is -6.79. The van der Waals surface area contributed by atoms with Crippen LogP contribution in [0.5, 0.6) is 0 Å². The molecule has 4 aliphatic rings. The fraction of sp³-hybridized carbons (Fsp3) is 0.400. The molecule has 2 bridgehead atoms. The molecule has 0 spiro atoms. The van der Waals surface area contributed by atoms with E-state index in [1.54, 1.807) is 65.2 Å². The van der Waals surface area contributed by atoms with Crippen molar-refractivity contribution in [2.75, 3.05) is 19.8 Å². The number of rotatable bonds is 8. The fourth-order valence-corrected chi connectivity index (χ4v) is 11.9. The van der Waals surface area contributed by atoms with Crippen LogP contribution in [0, 0.1) is 49.1 Å². The topological polar surface area (TPSA) is 162 Å². The lowest BCUT2D eigenvalue weighted by atomic mass is 9.67. The van der Waals surface area contributed by atoms with Crippen molar-refractivity contribution >= 4 is 27.6 Å². The number of fused-ring (bicyclic) bond motifs is 6. The number of hydrogen-bond acceptors (Lipinski definition) is 9. The zero-order chi connectivity index (χ0) is 47.3. The fourth-order valence-electron chi connectivity index (χ4n) is 11.9. The Morgan fingerprint density at radius 2 is 1.72 bits per heavy atom. The molecule has 68 heavy (non-hydrogen) atoms. The van der Waals surface area contributed by atoms with Gasteiger partial charge in [-0.2, -0.15) is 10.2 Å². The lowest BCUT2D eigenvalue weighted by Gasteiger charge is -2.41. The average Bonchev–Trinajstić information content (AvgIpc) is 3.93. The van der Waals surface area contributed by atoms with Gasteiger partial charge >= 0.3 is 11.4 Å². The van der Waals surface area contributed by atoms with Gasteiger partial charge in [0, 0.05) is 48.8 Å². The molecule has 3 aromatic carbocycles. The second-order valence-electron chi connectivity index (χ2n) is 20.0. The van der Waals surface area contributed by atoms with Crippen LogP contribution in [0.1, 0.15) is 96.1 Å². The maximum atomic E-state index is 17.2. The number of nitrogens with zero attached hydrogens (tertiary/aromatic N) is 8. The molecule has 8 aromatic rings. The summed E-state index contributed by atoms with van der Waals surface area (Å²) in [6.07, 6.45) is 6.55. The summed E-state index contributed by atoms with van der Waals surface area (Å²) in [7, 11) is 1.70. The van der Waals surface area contributed by atoms with Gasteiger partial charge in [-0.25, -0.2) is 27.4 Å². The highest BCUT2D eigenvalue weighted by Crippen LogP contribution is 2.57. The number of carbonyl (C=O) groups is 1. The molecule has 7 heterocycles. The van der Waals surface area contributed by atoms with E-state index in [0.717, 1.165) is 5.56 Å². The number of nitrogens with one attached hydrogen (secondary N) is 1. The molecular weight excluding hydrogens is 880 g/mol. The van der Waals surface area contributed by atoms with Crippen LogP contribution in [0.4, 0.5) is 13.2 Å². The molecule has 12 rings (SSSR count). The highest BCUT2D eigenvalue weighted by atomic mass is 19.1. The summed E-state index contributed by atoms with van der Waals surface area (Å²) in [4.78, 5) is 46.0. The number of imidazole rings is 1. The van der Waals surface area contributed by atoms with Gasteiger partial charge in [-0.15, -0.1) is 0 Å². The average molecular weight is 928 g/mol. The van der Waals surface area contributed by atoms with E-state index in [0.29, 0.717) is 70.7 Å². The van der Waals surface area contributed by atoms with Crippen molar-refractivity contribution in [3.05, 3.63) is 139 Å². The largest absolute Gasteiger partial charge is 0.438 e. The molecule has 0 radical (unpaired) electrons. The van der Waals surface area contributed by atoms with Gasteiger partial charge in [0.15, 0.2) is 17.4 Å². The molecule has 6 atom stereocenters. The molecule has 5 aromatic heterocycles. The van der Waals surface area contributed by atoms with E-state index in [-0.39, 0.29) is 77.1 Å². The summed E-state index contributed by atoms with van der Waals surface area (Å²) in [5.41, 5.74) is 2.15. The molecule has 1 unspecified atom stereocenters. The lowest BCUT2D eigenvalue weighted by molar-refractivity contribution is -0.0593. The lowest BCUT2D eigenvalue weighted by Crippen LogP contribution is -2.45. The van der Waals surface area contributed by atoms with Gasteiger partial charge in [-0.05, 0) is 130 Å². The number of H-pyrrole nitrogens is 1. The summed E-state index contributed by atoms with van der Waals surface area (Å²) in [5.74, 6) is -4.02. The van der Waals surface area contributed by atoms with E-state index in [2.05, 4.69) is 15.2 Å². The van der Waals surface area contributed by atoms with Crippen molar-refractivity contribution in [1.29, 1.82) is 0 Å². The zero-order valence-corrected chi connectivity index (χ0v) is 38.3. The molecular formula is C50H48F3N9O6. The first kappa shape index (κ1) is 42.6. The smallest absolute Gasteiger partial charge is 0.380 e. The summed E-state index contributed by atoms with van der Waals surface area (Å²) < 4.78 is 73.4. The predicted molar refractivity (Wildman–Crippen MR) is 243 cm³/mol. The first-order chi connectivity index (χ1) is 32.5. The Labute approximate surface area is 386 Å². The quantitative estimate of drug-likeness (QED) is 0.151. The first-order valence-corrected chi connectivity index (χ1v) is 23.0. The third-order valence-corrected chi connectivity index (χ3v) is 15.3. The Kier molecular flexibility index (Phi) is 9.30. The van der Waals surface area contributed by atoms with E-state index < -0.39 is 46.1 Å². The van der Waals surface area contributed by atoms with Crippen LogP contribution < -0.4 is 11.4 Å². The van der Waals surface area contributed by atoms with Crippen LogP contribution in [-0.4, -0.2) is 74.6 Å². The van der Waals surface area contributed by atoms with Crippen molar-refractivity contribution in [3.8, 4) is 17.2 Å². The van der Waals surface area contributed by atoms with Crippen molar-refractivity contribution in [1.82, 2.24) is 43.4 Å². The number of halogens is 3. The molecule has 15 nitrogen and oxygen atoms in total. The van der Waals surface area contributed by atoms with E-state index in [9.17, 15) is 9.59 Å². The Morgan fingerprint density at radius 1 is 0.956 bits per heavy atom. The van der Waals surface area contributed by atoms with Crippen molar-refractivity contribution in [2.24, 2.45) is 24.8 Å². The number of aromatic amines is 1. The number of ether oxygens (including phenoxy) is 2. The molecule has 1 saturated carbocycles. The highest BCUT2D eigenvalue weighted by Gasteiger charge is 2.60. The summed E-state index contributed by atoms with van der Waals surface area (Å²) >= 11 is 0. The number of aromatic nitrogens is 9. The first-order valence-electron chi connectivity index (χ1n) is 23.0. The van der Waals surface area contributed by atoms with Gasteiger partial charge in [0.25, 0.3) is 0 Å². The van der Waals surface area contributed by atoms with E-state index in [4.69, 9.17) is 19.1 Å². The Balaban J connectivity index is 1.04. The molecule has 18 heteroatoms. The zero-order valence-electron chi connectivity index (χ0n) is 38.3. The number of hydrogen-bond donors (Lipinski definition) is 1. The van der Waals surface area contributed by atoms with E-state index in [1.165, 1.54) is 33.8 Å². The summed E-state index contributed by atoms with van der Waals surface area (Å²) in [6.45, 7) is 10.2. The standard InChI is InChI=1S/C50H48F3N9O6/c1-24-13-31(14-25(2)41(24)52)62-45(60-11-10-59(48(60)65)37-8-7-36-32(42(37)53)21-54-58(36)6)40-33-23-66-22-30(17-35(40)56-62)39(33)44(63)38-18-29-15-28(27-9-12-67-49(4,5)20-27)16-34(51)43(29)61(38)50(19-26(50)3)46-55-47(64)68-57-46/h7-8,10-11,13-16,18,21,26-27,30,33,39H,9,12,17,19-20,22-23H2,1-6H3,(H,55,57,64)/t26-,27+,30-,33+,39?,50-/m0/s1. The van der Waals surface area contributed by atoms with Gasteiger partial charge in [-0.1, -0.05) is 12.1 Å². The summed E-state index contributed by atoms with van der Waals surface area (Å²) in [6, 6.07) is 11.8. The maximum Gasteiger partial charge on any atom is 0.438 e. The number of aryl methyl sites for hydroxylation is 3. The van der Waals surface area contributed by atoms with Crippen LogP contribution in [0.3, 0.4) is 0 Å². The van der Waals surface area contributed by atoms with E-state index >= 15 is 18.0 Å². The third kappa shape index (κ3) is 6.18. The maximum absolute atomic E-state index is 17.2. The minimum absolute atomic E-state index is 0.0113. The van der Waals surface area contributed by atoms with Crippen LogP contribution >= 0.6 is 0 Å². The second-order valence-corrected chi connectivity index (χ2v) is 20.0. The second kappa shape index (κ2) is 14.9. The molecule has 2 aliphatic carbocycles. The van der Waals surface area contributed by atoms with Crippen molar-refractivity contribution in [2.45, 2.75) is 83.3 Å². The number of carbonyl (C=O) groups excluding carboxylic acids is 1. The molecule has 1 N–H and O–H groups in total. The normalized spacial score (nSPS) is 24.2. The monoisotopic (exact) mass is 927 g/mol. The van der Waals surface area contributed by atoms with Gasteiger partial charge in [0.1, 0.15) is 23.0 Å². The van der Waals surface area contributed by atoms with Gasteiger partial charge in [-0.3, -0.25) is 28.1 Å². The van der Waals surface area contributed by atoms with Crippen LogP contribution in [0.2, 0.25) is 0 Å². The minimum Gasteiger partial charge on any atom is -0.380 e. The molecule has 2 saturated heterocycles. The van der Waals surface area contributed by atoms with Gasteiger partial charge in [0.05, 0.1) is 64.2 Å². The predicted octanol–water partition coefficient (Wildman–Crippen LogP) is 7.61.